The fraction of sp³-hybridized carbons (Fsp3) is 0.391. The summed E-state index contributed by atoms with van der Waals surface area (Å²) >= 11 is 0. The third-order valence-corrected chi connectivity index (χ3v) is 6.75. The maximum Gasteiger partial charge on any atom is 0.416 e. The van der Waals surface area contributed by atoms with E-state index in [9.17, 15) is 23.1 Å². The van der Waals surface area contributed by atoms with Gasteiger partial charge in [-0.2, -0.15) is 18.3 Å². The van der Waals surface area contributed by atoms with Crippen LogP contribution in [0.2, 0.25) is 0 Å². The third-order valence-electron chi connectivity index (χ3n) is 6.75. The highest BCUT2D eigenvalue weighted by Crippen LogP contribution is 2.69. The van der Waals surface area contributed by atoms with Crippen molar-refractivity contribution in [2.75, 3.05) is 0 Å². The lowest BCUT2D eigenvalue weighted by molar-refractivity contribution is -0.188. The molecule has 0 saturated heterocycles. The Balaban J connectivity index is 1.35. The smallest absolute Gasteiger partial charge is 0.416 e. The van der Waals surface area contributed by atoms with E-state index in [-0.39, 0.29) is 17.4 Å². The van der Waals surface area contributed by atoms with Crippen molar-refractivity contribution in [1.29, 1.82) is 0 Å². The number of hydrogen-bond donors (Lipinski definition) is 4. The fourth-order valence-corrected chi connectivity index (χ4v) is 5.57. The molecule has 3 aliphatic rings. The number of aromatic nitrogens is 2. The van der Waals surface area contributed by atoms with Crippen molar-refractivity contribution in [3.05, 3.63) is 64.8 Å². The van der Waals surface area contributed by atoms with Gasteiger partial charge in [-0.15, -0.1) is 0 Å². The Morgan fingerprint density at radius 3 is 2.47 bits per heavy atom. The number of carbonyl (C=O) groups is 1. The summed E-state index contributed by atoms with van der Waals surface area (Å²) < 4.78 is 38.5. The Kier molecular flexibility index (Phi) is 4.62. The van der Waals surface area contributed by atoms with Crippen LogP contribution in [-0.4, -0.2) is 31.9 Å². The maximum absolute atomic E-state index is 12.8. The molecular formula is C23H22F3N3O3. The Labute approximate surface area is 181 Å². The van der Waals surface area contributed by atoms with E-state index in [1.807, 2.05) is 12.1 Å². The van der Waals surface area contributed by atoms with Crippen LogP contribution in [0.15, 0.2) is 42.5 Å². The van der Waals surface area contributed by atoms with E-state index >= 15 is 0 Å². The molecule has 1 aromatic heterocycles. The molecule has 168 valence electrons. The van der Waals surface area contributed by atoms with E-state index < -0.39 is 23.9 Å². The summed E-state index contributed by atoms with van der Waals surface area (Å²) in [4.78, 5) is 11.0. The van der Waals surface area contributed by atoms with Crippen LogP contribution in [0, 0.1) is 5.41 Å². The SMILES string of the molecule is O=C(O)CC12CC(NC(O)c3[nH]nc4cccc(Cc5ccc(C(F)(F)F)cc5)c34)(C1)C2. The molecule has 4 N–H and O–H groups in total. The van der Waals surface area contributed by atoms with Gasteiger partial charge < -0.3 is 10.2 Å². The van der Waals surface area contributed by atoms with Crippen LogP contribution in [0.3, 0.4) is 0 Å². The van der Waals surface area contributed by atoms with Crippen molar-refractivity contribution < 1.29 is 28.2 Å². The topological polar surface area (TPSA) is 98.2 Å². The van der Waals surface area contributed by atoms with Gasteiger partial charge in [-0.05, 0) is 60.4 Å². The number of rotatable bonds is 7. The number of aliphatic hydroxyl groups is 1. The number of carboxylic acids is 1. The quantitative estimate of drug-likeness (QED) is 0.410. The minimum Gasteiger partial charge on any atom is -0.481 e. The Hall–Kier alpha value is -2.91. The first kappa shape index (κ1) is 21.0. The number of aliphatic carboxylic acids is 1. The highest BCUT2D eigenvalue weighted by molar-refractivity contribution is 5.85. The molecule has 6 rings (SSSR count). The fourth-order valence-electron chi connectivity index (χ4n) is 5.57. The first-order valence-electron chi connectivity index (χ1n) is 10.4. The van der Waals surface area contributed by atoms with Crippen LogP contribution in [0.25, 0.3) is 10.9 Å². The lowest BCUT2D eigenvalue weighted by Gasteiger charge is -2.71. The number of H-pyrrole nitrogens is 1. The van der Waals surface area contributed by atoms with Gasteiger partial charge in [0.2, 0.25) is 0 Å². The molecule has 3 fully saturated rings. The summed E-state index contributed by atoms with van der Waals surface area (Å²) in [6.45, 7) is 0. The van der Waals surface area contributed by atoms with Gasteiger partial charge in [-0.1, -0.05) is 24.3 Å². The van der Waals surface area contributed by atoms with E-state index in [0.717, 1.165) is 28.6 Å². The summed E-state index contributed by atoms with van der Waals surface area (Å²) in [6.07, 6.45) is -2.71. The molecule has 3 aliphatic carbocycles. The van der Waals surface area contributed by atoms with Crippen molar-refractivity contribution >= 4 is 16.9 Å². The van der Waals surface area contributed by atoms with E-state index in [1.165, 1.54) is 12.1 Å². The lowest BCUT2D eigenvalue weighted by Crippen LogP contribution is -2.74. The molecule has 3 aromatic rings. The first-order valence-corrected chi connectivity index (χ1v) is 10.4. The minimum atomic E-state index is -4.38. The van der Waals surface area contributed by atoms with Crippen molar-refractivity contribution in [1.82, 2.24) is 15.5 Å². The van der Waals surface area contributed by atoms with E-state index in [1.54, 1.807) is 6.07 Å². The van der Waals surface area contributed by atoms with E-state index in [0.29, 0.717) is 36.9 Å². The summed E-state index contributed by atoms with van der Waals surface area (Å²) in [5.41, 5.74) is 1.62. The summed E-state index contributed by atoms with van der Waals surface area (Å²) in [7, 11) is 0. The predicted molar refractivity (Wildman–Crippen MR) is 110 cm³/mol. The number of aromatic amines is 1. The number of nitrogens with one attached hydrogen (secondary N) is 2. The lowest BCUT2D eigenvalue weighted by atomic mass is 9.38. The van der Waals surface area contributed by atoms with Gasteiger partial charge >= 0.3 is 12.1 Å². The maximum atomic E-state index is 12.8. The molecule has 0 aliphatic heterocycles. The van der Waals surface area contributed by atoms with E-state index in [2.05, 4.69) is 15.5 Å². The minimum absolute atomic E-state index is 0.150. The standard InChI is InChI=1S/C23H22F3N3O3/c24-23(25,26)15-6-4-13(5-7-15)8-14-2-1-3-16-18(14)19(29-28-16)20(32)27-22-10-21(11-22,12-22)9-17(30)31/h1-7,20,27,32H,8-12H2,(H,28,29)(H,30,31). The van der Waals surface area contributed by atoms with Crippen molar-refractivity contribution in [2.24, 2.45) is 5.41 Å². The highest BCUT2D eigenvalue weighted by Gasteiger charge is 2.68. The number of alkyl halides is 3. The molecule has 1 atom stereocenters. The van der Waals surface area contributed by atoms with Gasteiger partial charge in [0, 0.05) is 10.9 Å². The number of hydrogen-bond acceptors (Lipinski definition) is 4. The summed E-state index contributed by atoms with van der Waals surface area (Å²) in [5, 5.41) is 31.1. The summed E-state index contributed by atoms with van der Waals surface area (Å²) in [6, 6.07) is 10.5. The Bertz CT molecular complexity index is 1170. The zero-order chi connectivity index (χ0) is 22.7. The molecule has 1 unspecified atom stereocenters. The van der Waals surface area contributed by atoms with Crippen LogP contribution in [0.5, 0.6) is 0 Å². The highest BCUT2D eigenvalue weighted by atomic mass is 19.4. The van der Waals surface area contributed by atoms with Crippen molar-refractivity contribution in [2.45, 2.75) is 50.0 Å². The Morgan fingerprint density at radius 2 is 1.84 bits per heavy atom. The molecule has 9 heteroatoms. The average molecular weight is 445 g/mol. The van der Waals surface area contributed by atoms with E-state index in [4.69, 9.17) is 5.11 Å². The first-order chi connectivity index (χ1) is 15.1. The van der Waals surface area contributed by atoms with Crippen LogP contribution >= 0.6 is 0 Å². The summed E-state index contributed by atoms with van der Waals surface area (Å²) in [5.74, 6) is -0.800. The van der Waals surface area contributed by atoms with Gasteiger partial charge in [0.1, 0.15) is 6.23 Å². The molecule has 1 heterocycles. The van der Waals surface area contributed by atoms with Gasteiger partial charge in [-0.25, -0.2) is 0 Å². The van der Waals surface area contributed by atoms with Crippen LogP contribution < -0.4 is 5.32 Å². The number of benzene rings is 2. The number of halogens is 3. The average Bonchev–Trinajstić information content (AvgIpc) is 3.10. The molecule has 2 aromatic carbocycles. The molecule has 0 amide bonds. The van der Waals surface area contributed by atoms with Crippen LogP contribution in [0.1, 0.15) is 54.3 Å². The molecule has 0 radical (unpaired) electrons. The van der Waals surface area contributed by atoms with Gasteiger partial charge in [-0.3, -0.25) is 15.2 Å². The third kappa shape index (κ3) is 3.55. The van der Waals surface area contributed by atoms with Gasteiger partial charge in [0.25, 0.3) is 0 Å². The molecular weight excluding hydrogens is 423 g/mol. The number of aliphatic hydroxyl groups excluding tert-OH is 1. The monoisotopic (exact) mass is 445 g/mol. The predicted octanol–water partition coefficient (Wildman–Crippen LogP) is 4.15. The second-order valence-electron chi connectivity index (χ2n) is 9.25. The number of fused-ring (bicyclic) bond motifs is 1. The zero-order valence-electron chi connectivity index (χ0n) is 17.0. The molecule has 0 spiro atoms. The largest absolute Gasteiger partial charge is 0.481 e. The Morgan fingerprint density at radius 1 is 1.16 bits per heavy atom. The van der Waals surface area contributed by atoms with Gasteiger partial charge in [0.15, 0.2) is 0 Å². The zero-order valence-corrected chi connectivity index (χ0v) is 17.0. The molecule has 6 nitrogen and oxygen atoms in total. The second kappa shape index (κ2) is 7.05. The van der Waals surface area contributed by atoms with Crippen LogP contribution in [0.4, 0.5) is 13.2 Å². The molecule has 2 bridgehead atoms. The number of nitrogens with zero attached hydrogens (tertiary/aromatic N) is 1. The molecule has 32 heavy (non-hydrogen) atoms. The number of carboxylic acid groups (broad SMARTS) is 1. The van der Waals surface area contributed by atoms with Crippen molar-refractivity contribution in [3.8, 4) is 0 Å². The second-order valence-corrected chi connectivity index (χ2v) is 9.25. The van der Waals surface area contributed by atoms with Crippen molar-refractivity contribution in [3.63, 3.8) is 0 Å². The normalized spacial score (nSPS) is 25.2. The molecule has 3 saturated carbocycles. The van der Waals surface area contributed by atoms with Gasteiger partial charge in [0.05, 0.1) is 23.2 Å². The van der Waals surface area contributed by atoms with Crippen LogP contribution in [-0.2, 0) is 17.4 Å².